The highest BCUT2D eigenvalue weighted by atomic mass is 35.5. The second kappa shape index (κ2) is 8.14. The third-order valence-corrected chi connectivity index (χ3v) is 4.30. The van der Waals surface area contributed by atoms with Gasteiger partial charge in [-0.3, -0.25) is 0 Å². The third kappa shape index (κ3) is 5.65. The maximum Gasteiger partial charge on any atom is 0.410 e. The summed E-state index contributed by atoms with van der Waals surface area (Å²) < 4.78 is 38.4. The van der Waals surface area contributed by atoms with Crippen molar-refractivity contribution in [3.05, 3.63) is 22.8 Å². The van der Waals surface area contributed by atoms with Gasteiger partial charge in [-0.15, -0.1) is 0 Å². The molecule has 1 aliphatic heterocycles. The minimum atomic E-state index is -3.17. The zero-order valence-electron chi connectivity index (χ0n) is 16.3. The molecule has 2 heterocycles. The molecule has 0 unspecified atom stereocenters. The van der Waals surface area contributed by atoms with Crippen molar-refractivity contribution in [2.24, 2.45) is 0 Å². The van der Waals surface area contributed by atoms with E-state index in [2.05, 4.69) is 9.72 Å². The van der Waals surface area contributed by atoms with Gasteiger partial charge in [0.25, 0.3) is 5.92 Å². The number of rotatable bonds is 4. The summed E-state index contributed by atoms with van der Waals surface area (Å²) in [6.07, 6.45) is -0.388. The van der Waals surface area contributed by atoms with Crippen LogP contribution in [0, 0.1) is 0 Å². The number of amides is 1. The average molecular weight is 406 g/mol. The number of methoxy groups -OCH3 is 1. The van der Waals surface area contributed by atoms with E-state index < -0.39 is 18.1 Å². The lowest BCUT2D eigenvalue weighted by molar-refractivity contribution is -0.0698. The maximum absolute atomic E-state index is 14.2. The number of piperazine rings is 1. The van der Waals surface area contributed by atoms with Crippen molar-refractivity contribution in [2.45, 2.75) is 45.3 Å². The van der Waals surface area contributed by atoms with Crippen LogP contribution in [0.1, 0.15) is 33.3 Å². The number of carbonyl (C=O) groups excluding carboxylic acids is 1. The van der Waals surface area contributed by atoms with Crippen molar-refractivity contribution in [3.63, 3.8) is 0 Å². The molecular weight excluding hydrogens is 380 g/mol. The van der Waals surface area contributed by atoms with Gasteiger partial charge in [-0.05, 0) is 39.8 Å². The Kier molecular flexibility index (Phi) is 6.52. The lowest BCUT2D eigenvalue weighted by Gasteiger charge is -2.40. The van der Waals surface area contributed by atoms with Gasteiger partial charge in [0.1, 0.15) is 23.2 Å². The molecule has 0 aromatic carbocycles. The van der Waals surface area contributed by atoms with Gasteiger partial charge in [0.05, 0.1) is 0 Å². The first-order valence-electron chi connectivity index (χ1n) is 8.72. The van der Waals surface area contributed by atoms with Gasteiger partial charge in [0.2, 0.25) is 0 Å². The number of anilines is 1. The number of hydrogen-bond acceptors (Lipinski definition) is 5. The van der Waals surface area contributed by atoms with E-state index in [1.807, 2.05) is 32.6 Å². The summed E-state index contributed by atoms with van der Waals surface area (Å²) >= 11 is 5.97. The monoisotopic (exact) mass is 405 g/mol. The van der Waals surface area contributed by atoms with Crippen LogP contribution >= 0.6 is 11.6 Å². The van der Waals surface area contributed by atoms with Crippen LogP contribution in [0.3, 0.4) is 0 Å². The first-order chi connectivity index (χ1) is 12.4. The molecule has 0 spiro atoms. The van der Waals surface area contributed by atoms with Crippen LogP contribution < -0.4 is 4.90 Å². The number of hydrogen-bond donors (Lipinski definition) is 0. The predicted octanol–water partition coefficient (Wildman–Crippen LogP) is 3.92. The third-order valence-electron chi connectivity index (χ3n) is 4.11. The summed E-state index contributed by atoms with van der Waals surface area (Å²) in [4.78, 5) is 20.0. The van der Waals surface area contributed by atoms with Gasteiger partial charge in [0, 0.05) is 38.3 Å². The van der Waals surface area contributed by atoms with Crippen LogP contribution in [0.5, 0.6) is 0 Å². The van der Waals surface area contributed by atoms with Crippen molar-refractivity contribution in [2.75, 3.05) is 38.3 Å². The molecule has 0 aliphatic carbocycles. The summed E-state index contributed by atoms with van der Waals surface area (Å²) in [5.41, 5.74) is -0.828. The fraction of sp³-hybridized carbons (Fsp3) is 0.667. The molecule has 1 fully saturated rings. The SMILES string of the molecule is COCC(F)(F)c1cc(Cl)nc(N2CCN(C(=O)OC(C)(C)C)[C@@H](C)C2)c1. The maximum atomic E-state index is 14.2. The van der Waals surface area contributed by atoms with E-state index in [-0.39, 0.29) is 22.9 Å². The molecule has 6 nitrogen and oxygen atoms in total. The molecule has 1 saturated heterocycles. The van der Waals surface area contributed by atoms with E-state index in [4.69, 9.17) is 16.3 Å². The highest BCUT2D eigenvalue weighted by molar-refractivity contribution is 6.29. The molecule has 1 amide bonds. The van der Waals surface area contributed by atoms with Crippen molar-refractivity contribution >= 4 is 23.5 Å². The Hall–Kier alpha value is -1.67. The predicted molar refractivity (Wildman–Crippen MR) is 99.6 cm³/mol. The van der Waals surface area contributed by atoms with Crippen molar-refractivity contribution in [1.29, 1.82) is 0 Å². The quantitative estimate of drug-likeness (QED) is 0.711. The zero-order chi connectivity index (χ0) is 20.4. The molecule has 152 valence electrons. The molecule has 9 heteroatoms. The van der Waals surface area contributed by atoms with Crippen molar-refractivity contribution in [3.8, 4) is 0 Å². The Labute approximate surface area is 163 Å². The van der Waals surface area contributed by atoms with Crippen LogP contribution in [0.25, 0.3) is 0 Å². The van der Waals surface area contributed by atoms with E-state index in [1.54, 1.807) is 4.90 Å². The van der Waals surface area contributed by atoms with Crippen LogP contribution in [0.2, 0.25) is 5.15 Å². The smallest absolute Gasteiger partial charge is 0.410 e. The molecule has 1 atom stereocenters. The topological polar surface area (TPSA) is 54.9 Å². The highest BCUT2D eigenvalue weighted by Gasteiger charge is 2.35. The minimum Gasteiger partial charge on any atom is -0.444 e. The molecule has 27 heavy (non-hydrogen) atoms. The van der Waals surface area contributed by atoms with Crippen LogP contribution in [-0.4, -0.2) is 61.0 Å². The zero-order valence-corrected chi connectivity index (χ0v) is 17.0. The van der Waals surface area contributed by atoms with Crippen LogP contribution in [0.15, 0.2) is 12.1 Å². The first kappa shape index (κ1) is 21.6. The molecule has 0 bridgehead atoms. The molecule has 2 rings (SSSR count). The van der Waals surface area contributed by atoms with Gasteiger partial charge in [-0.2, -0.15) is 8.78 Å². The number of nitrogens with zero attached hydrogens (tertiary/aromatic N) is 3. The molecule has 0 N–H and O–H groups in total. The number of carbonyl (C=O) groups is 1. The average Bonchev–Trinajstić information content (AvgIpc) is 2.52. The Morgan fingerprint density at radius 2 is 2.00 bits per heavy atom. The highest BCUT2D eigenvalue weighted by Crippen LogP contribution is 2.32. The molecule has 1 aliphatic rings. The summed E-state index contributed by atoms with van der Waals surface area (Å²) in [5.74, 6) is -2.82. The fourth-order valence-corrected chi connectivity index (χ4v) is 3.08. The molecular formula is C18H26ClF2N3O3. The van der Waals surface area contributed by atoms with E-state index >= 15 is 0 Å². The van der Waals surface area contributed by atoms with Crippen molar-refractivity contribution in [1.82, 2.24) is 9.88 Å². The van der Waals surface area contributed by atoms with E-state index in [0.717, 1.165) is 6.07 Å². The van der Waals surface area contributed by atoms with Gasteiger partial charge >= 0.3 is 6.09 Å². The lowest BCUT2D eigenvalue weighted by Crippen LogP contribution is -2.55. The molecule has 1 aromatic rings. The van der Waals surface area contributed by atoms with Gasteiger partial charge in [0.15, 0.2) is 0 Å². The van der Waals surface area contributed by atoms with E-state index in [9.17, 15) is 13.6 Å². The number of halogens is 3. The van der Waals surface area contributed by atoms with Gasteiger partial charge in [-0.1, -0.05) is 11.6 Å². The summed E-state index contributed by atoms with van der Waals surface area (Å²) in [6.45, 7) is 7.83. The molecule has 1 aromatic heterocycles. The first-order valence-corrected chi connectivity index (χ1v) is 9.10. The summed E-state index contributed by atoms with van der Waals surface area (Å²) in [7, 11) is 1.22. The number of alkyl halides is 2. The largest absolute Gasteiger partial charge is 0.444 e. The van der Waals surface area contributed by atoms with E-state index in [1.165, 1.54) is 13.2 Å². The Morgan fingerprint density at radius 1 is 1.33 bits per heavy atom. The summed E-state index contributed by atoms with van der Waals surface area (Å²) in [5, 5.41) is -0.0134. The Morgan fingerprint density at radius 3 is 2.56 bits per heavy atom. The number of pyridine rings is 1. The van der Waals surface area contributed by atoms with Crippen molar-refractivity contribution < 1.29 is 23.0 Å². The van der Waals surface area contributed by atoms with Crippen LogP contribution in [0.4, 0.5) is 19.4 Å². The standard InChI is InChI=1S/C18H26ClF2N3O3/c1-12-10-23(6-7-24(12)16(25)27-17(2,3)4)15-9-13(8-14(19)22-15)18(20,21)11-26-5/h8-9,12H,6-7,10-11H2,1-5H3/t12-/m0/s1. The minimum absolute atomic E-state index is 0.0134. The number of aromatic nitrogens is 1. The second-order valence-corrected chi connectivity index (χ2v) is 8.03. The Bertz CT molecular complexity index is 682. The summed E-state index contributed by atoms with van der Waals surface area (Å²) in [6, 6.07) is 2.29. The van der Waals surface area contributed by atoms with Gasteiger partial charge < -0.3 is 19.3 Å². The van der Waals surface area contributed by atoms with Gasteiger partial charge in [-0.25, -0.2) is 9.78 Å². The van der Waals surface area contributed by atoms with Crippen LogP contribution in [-0.2, 0) is 15.4 Å². The molecule has 0 saturated carbocycles. The molecule has 0 radical (unpaired) electrons. The lowest BCUT2D eigenvalue weighted by atomic mass is 10.1. The Balaban J connectivity index is 2.15. The second-order valence-electron chi connectivity index (χ2n) is 7.64. The number of ether oxygens (including phenoxy) is 2. The van der Waals surface area contributed by atoms with E-state index in [0.29, 0.717) is 25.5 Å². The fourth-order valence-electron chi connectivity index (χ4n) is 2.88. The normalized spacial score (nSPS) is 18.6.